The topological polar surface area (TPSA) is 58.6 Å². The molecule has 1 N–H and O–H groups in total. The highest BCUT2D eigenvalue weighted by Gasteiger charge is 2.22. The quantitative estimate of drug-likeness (QED) is 0.833. The second-order valence-electron chi connectivity index (χ2n) is 5.23. The van der Waals surface area contributed by atoms with E-state index >= 15 is 0 Å². The minimum atomic E-state index is -0.354. The summed E-state index contributed by atoms with van der Waals surface area (Å²) in [6.45, 7) is 4.35. The van der Waals surface area contributed by atoms with Crippen LogP contribution in [-0.2, 0) is 16.1 Å². The van der Waals surface area contributed by atoms with Crippen LogP contribution in [0.4, 0.5) is 0 Å². The zero-order valence-corrected chi connectivity index (χ0v) is 13.8. The summed E-state index contributed by atoms with van der Waals surface area (Å²) < 4.78 is 4.66. The summed E-state index contributed by atoms with van der Waals surface area (Å²) in [4.78, 5) is 25.8. The molecule has 2 rings (SSSR count). The number of rotatable bonds is 5. The summed E-state index contributed by atoms with van der Waals surface area (Å²) in [7, 11) is 1.36. The average molecular weight is 322 g/mol. The number of nitrogens with zero attached hydrogens (tertiary/aromatic N) is 1. The van der Waals surface area contributed by atoms with Gasteiger partial charge in [0.05, 0.1) is 18.7 Å². The van der Waals surface area contributed by atoms with E-state index in [1.54, 1.807) is 12.1 Å². The molecular weight excluding hydrogens is 300 g/mol. The summed E-state index contributed by atoms with van der Waals surface area (Å²) >= 11 is 1.93. The number of hydrogen-bond donors (Lipinski definition) is 1. The van der Waals surface area contributed by atoms with Crippen LogP contribution in [0.3, 0.4) is 0 Å². The smallest absolute Gasteiger partial charge is 0.337 e. The Morgan fingerprint density at radius 2 is 1.91 bits per heavy atom. The maximum Gasteiger partial charge on any atom is 0.337 e. The summed E-state index contributed by atoms with van der Waals surface area (Å²) in [5, 5.41) is 2.96. The van der Waals surface area contributed by atoms with Crippen molar-refractivity contribution in [3.05, 3.63) is 35.4 Å². The number of carbonyl (C=O) groups excluding carboxylic acids is 2. The lowest BCUT2D eigenvalue weighted by Gasteiger charge is -2.31. The molecule has 0 aliphatic carbocycles. The maximum atomic E-state index is 12.2. The minimum absolute atomic E-state index is 0.0453. The number of methoxy groups -OCH3 is 1. The van der Waals surface area contributed by atoms with Gasteiger partial charge in [0.15, 0.2) is 0 Å². The fourth-order valence-electron chi connectivity index (χ4n) is 2.34. The molecule has 120 valence electrons. The molecule has 1 atom stereocenters. The van der Waals surface area contributed by atoms with Crippen molar-refractivity contribution < 1.29 is 14.3 Å². The Kier molecular flexibility index (Phi) is 6.27. The first-order chi connectivity index (χ1) is 10.6. The van der Waals surface area contributed by atoms with Crippen LogP contribution in [0.25, 0.3) is 0 Å². The van der Waals surface area contributed by atoms with E-state index in [0.717, 1.165) is 30.2 Å². The van der Waals surface area contributed by atoms with Crippen molar-refractivity contribution in [3.8, 4) is 0 Å². The molecule has 1 saturated heterocycles. The monoisotopic (exact) mass is 322 g/mol. The molecule has 22 heavy (non-hydrogen) atoms. The highest BCUT2D eigenvalue weighted by Crippen LogP contribution is 2.12. The molecule has 0 bridgehead atoms. The van der Waals surface area contributed by atoms with Gasteiger partial charge in [0.25, 0.3) is 0 Å². The third-order valence-corrected chi connectivity index (χ3v) is 4.76. The maximum absolute atomic E-state index is 12.2. The Balaban J connectivity index is 1.83. The van der Waals surface area contributed by atoms with E-state index in [1.165, 1.54) is 7.11 Å². The van der Waals surface area contributed by atoms with Crippen molar-refractivity contribution in [1.29, 1.82) is 0 Å². The van der Waals surface area contributed by atoms with Gasteiger partial charge >= 0.3 is 5.97 Å². The lowest BCUT2D eigenvalue weighted by molar-refractivity contribution is -0.125. The van der Waals surface area contributed by atoms with Gasteiger partial charge in [0.2, 0.25) is 5.91 Å². The van der Waals surface area contributed by atoms with E-state index in [9.17, 15) is 9.59 Å². The first kappa shape index (κ1) is 16.8. The van der Waals surface area contributed by atoms with Crippen LogP contribution in [-0.4, -0.2) is 54.5 Å². The molecule has 1 aliphatic heterocycles. The lowest BCUT2D eigenvalue weighted by atomic mass is 10.1. The Bertz CT molecular complexity index is 513. The van der Waals surface area contributed by atoms with Crippen LogP contribution < -0.4 is 5.32 Å². The van der Waals surface area contributed by atoms with E-state index in [1.807, 2.05) is 30.8 Å². The van der Waals surface area contributed by atoms with Gasteiger partial charge in [0.1, 0.15) is 0 Å². The molecule has 0 radical (unpaired) electrons. The Hall–Kier alpha value is -1.53. The number of carbonyl (C=O) groups is 2. The van der Waals surface area contributed by atoms with Crippen LogP contribution >= 0.6 is 11.8 Å². The molecule has 1 aromatic rings. The summed E-state index contributed by atoms with van der Waals surface area (Å²) in [6, 6.07) is 6.97. The number of benzene rings is 1. The van der Waals surface area contributed by atoms with Gasteiger partial charge in [0, 0.05) is 31.1 Å². The molecule has 0 aromatic heterocycles. The molecule has 1 unspecified atom stereocenters. The van der Waals surface area contributed by atoms with Gasteiger partial charge < -0.3 is 10.1 Å². The fourth-order valence-corrected chi connectivity index (χ4v) is 3.28. The van der Waals surface area contributed by atoms with E-state index in [2.05, 4.69) is 15.0 Å². The van der Waals surface area contributed by atoms with Crippen LogP contribution in [0, 0.1) is 0 Å². The molecular formula is C16H22N2O3S. The normalized spacial score (nSPS) is 16.8. The largest absolute Gasteiger partial charge is 0.465 e. The van der Waals surface area contributed by atoms with Crippen LogP contribution in [0.5, 0.6) is 0 Å². The van der Waals surface area contributed by atoms with Crippen molar-refractivity contribution in [2.24, 2.45) is 0 Å². The summed E-state index contributed by atoms with van der Waals surface area (Å²) in [6.07, 6.45) is 0. The lowest BCUT2D eigenvalue weighted by Crippen LogP contribution is -2.48. The second-order valence-corrected chi connectivity index (χ2v) is 6.46. The zero-order valence-electron chi connectivity index (χ0n) is 13.0. The predicted molar refractivity (Wildman–Crippen MR) is 88.0 cm³/mol. The summed E-state index contributed by atoms with van der Waals surface area (Å²) in [5.74, 6) is 1.87. The van der Waals surface area contributed by atoms with E-state index in [-0.39, 0.29) is 17.9 Å². The van der Waals surface area contributed by atoms with Gasteiger partial charge in [-0.3, -0.25) is 9.69 Å². The third-order valence-electron chi connectivity index (χ3n) is 3.81. The molecule has 1 fully saturated rings. The number of hydrogen-bond acceptors (Lipinski definition) is 5. The minimum Gasteiger partial charge on any atom is -0.465 e. The van der Waals surface area contributed by atoms with Gasteiger partial charge in [-0.05, 0) is 24.6 Å². The number of amides is 1. The summed E-state index contributed by atoms with van der Waals surface area (Å²) in [5.41, 5.74) is 1.47. The molecule has 5 nitrogen and oxygen atoms in total. The molecule has 1 amide bonds. The highest BCUT2D eigenvalue weighted by molar-refractivity contribution is 7.99. The van der Waals surface area contributed by atoms with Gasteiger partial charge in [-0.1, -0.05) is 12.1 Å². The van der Waals surface area contributed by atoms with Gasteiger partial charge in [-0.25, -0.2) is 4.79 Å². The second kappa shape index (κ2) is 8.19. The van der Waals surface area contributed by atoms with Crippen molar-refractivity contribution in [2.45, 2.75) is 19.5 Å². The molecule has 1 heterocycles. The van der Waals surface area contributed by atoms with Gasteiger partial charge in [-0.2, -0.15) is 11.8 Å². The Labute approximate surface area is 135 Å². The first-order valence-corrected chi connectivity index (χ1v) is 8.54. The zero-order chi connectivity index (χ0) is 15.9. The van der Waals surface area contributed by atoms with Crippen molar-refractivity contribution >= 4 is 23.6 Å². The van der Waals surface area contributed by atoms with Crippen molar-refractivity contribution in [3.63, 3.8) is 0 Å². The Morgan fingerprint density at radius 3 is 2.50 bits per heavy atom. The van der Waals surface area contributed by atoms with Crippen LogP contribution in [0.1, 0.15) is 22.8 Å². The van der Waals surface area contributed by atoms with Crippen LogP contribution in [0.15, 0.2) is 24.3 Å². The highest BCUT2D eigenvalue weighted by atomic mass is 32.2. The van der Waals surface area contributed by atoms with Crippen LogP contribution in [0.2, 0.25) is 0 Å². The number of thioether (sulfide) groups is 1. The number of esters is 1. The molecule has 1 aliphatic rings. The third kappa shape index (κ3) is 4.48. The molecule has 1 aromatic carbocycles. The van der Waals surface area contributed by atoms with E-state index < -0.39 is 0 Å². The van der Waals surface area contributed by atoms with E-state index in [4.69, 9.17) is 0 Å². The molecule has 6 heteroatoms. The standard InChI is InChI=1S/C16H22N2O3S/c1-12(18-7-9-22-10-8-18)15(19)17-11-13-3-5-14(6-4-13)16(20)21-2/h3-6,12H,7-11H2,1-2H3,(H,17,19). The average Bonchev–Trinajstić information content (AvgIpc) is 2.59. The number of nitrogens with one attached hydrogen (secondary N) is 1. The first-order valence-electron chi connectivity index (χ1n) is 7.38. The Morgan fingerprint density at radius 1 is 1.27 bits per heavy atom. The molecule has 0 spiro atoms. The van der Waals surface area contributed by atoms with E-state index in [0.29, 0.717) is 12.1 Å². The van der Waals surface area contributed by atoms with Crippen molar-refractivity contribution in [2.75, 3.05) is 31.7 Å². The predicted octanol–water partition coefficient (Wildman–Crippen LogP) is 1.53. The van der Waals surface area contributed by atoms with Crippen molar-refractivity contribution in [1.82, 2.24) is 10.2 Å². The SMILES string of the molecule is COC(=O)c1ccc(CNC(=O)C(C)N2CCSCC2)cc1. The number of ether oxygens (including phenoxy) is 1. The fraction of sp³-hybridized carbons (Fsp3) is 0.500. The molecule has 0 saturated carbocycles. The van der Waals surface area contributed by atoms with Gasteiger partial charge in [-0.15, -0.1) is 0 Å².